The zero-order chi connectivity index (χ0) is 47.0. The summed E-state index contributed by atoms with van der Waals surface area (Å²) in [6.07, 6.45) is 51.0. The molecule has 0 aromatic rings. The molecule has 0 heterocycles. The lowest BCUT2D eigenvalue weighted by molar-refractivity contribution is -0.167. The van der Waals surface area contributed by atoms with Crippen molar-refractivity contribution in [3.8, 4) is 0 Å². The van der Waals surface area contributed by atoms with E-state index in [1.54, 1.807) is 0 Å². The molecule has 0 aromatic carbocycles. The Morgan fingerprint density at radius 1 is 0.266 bits per heavy atom. The summed E-state index contributed by atoms with van der Waals surface area (Å²) >= 11 is 0. The van der Waals surface area contributed by atoms with Gasteiger partial charge in [0.25, 0.3) is 0 Å². The van der Waals surface area contributed by atoms with E-state index in [2.05, 4.69) is 41.5 Å². The Bertz CT molecular complexity index is 991. The average Bonchev–Trinajstić information content (AvgIpc) is 3.25. The van der Waals surface area contributed by atoms with E-state index in [0.717, 1.165) is 75.5 Å². The van der Waals surface area contributed by atoms with Gasteiger partial charge in [-0.15, -0.1) is 0 Å². The van der Waals surface area contributed by atoms with Crippen molar-refractivity contribution in [2.24, 2.45) is 17.8 Å². The van der Waals surface area contributed by atoms with Gasteiger partial charge in [-0.2, -0.15) is 0 Å². The van der Waals surface area contributed by atoms with E-state index >= 15 is 0 Å². The van der Waals surface area contributed by atoms with Crippen molar-refractivity contribution in [1.82, 2.24) is 0 Å². The summed E-state index contributed by atoms with van der Waals surface area (Å²) in [5.41, 5.74) is 0. The normalized spacial score (nSPS) is 12.1. The number of hydrogen-bond acceptors (Lipinski definition) is 6. The van der Waals surface area contributed by atoms with Crippen LogP contribution >= 0.6 is 0 Å². The van der Waals surface area contributed by atoms with Crippen molar-refractivity contribution >= 4 is 17.9 Å². The van der Waals surface area contributed by atoms with Gasteiger partial charge >= 0.3 is 17.9 Å². The summed E-state index contributed by atoms with van der Waals surface area (Å²) in [4.78, 5) is 38.1. The van der Waals surface area contributed by atoms with Gasteiger partial charge in [0.15, 0.2) is 6.10 Å². The molecule has 0 unspecified atom stereocenters. The first-order valence-corrected chi connectivity index (χ1v) is 28.6. The van der Waals surface area contributed by atoms with E-state index in [-0.39, 0.29) is 31.1 Å². The molecule has 0 amide bonds. The minimum absolute atomic E-state index is 0.0638. The number of ether oxygens (including phenoxy) is 3. The lowest BCUT2D eigenvalue weighted by Gasteiger charge is -2.18. The standard InChI is InChI=1S/C58H112O6/c1-52(2)44-38-32-26-20-14-11-9-7-8-10-12-16-23-29-35-41-47-56(59)62-50-55(64-58(61)49-43-37-31-25-19-18-22-28-34-40-46-54(5)6)51-63-57(60)48-42-36-30-24-17-13-15-21-27-33-39-45-53(3)4/h52-55H,7-51H2,1-6H3/t55-/m1/s1. The van der Waals surface area contributed by atoms with Gasteiger partial charge in [0.2, 0.25) is 0 Å². The van der Waals surface area contributed by atoms with Gasteiger partial charge < -0.3 is 14.2 Å². The van der Waals surface area contributed by atoms with Crippen LogP contribution in [0.25, 0.3) is 0 Å². The van der Waals surface area contributed by atoms with Gasteiger partial charge in [0, 0.05) is 19.3 Å². The predicted molar refractivity (Wildman–Crippen MR) is 275 cm³/mol. The molecule has 0 fully saturated rings. The second-order valence-corrected chi connectivity index (χ2v) is 21.4. The van der Waals surface area contributed by atoms with Gasteiger partial charge in [0.05, 0.1) is 0 Å². The summed E-state index contributed by atoms with van der Waals surface area (Å²) in [6.45, 7) is 13.7. The van der Waals surface area contributed by atoms with Gasteiger partial charge in [-0.25, -0.2) is 0 Å². The number of unbranched alkanes of at least 4 members (excludes halogenated alkanes) is 34. The molecule has 6 nitrogen and oxygen atoms in total. The molecule has 0 saturated heterocycles. The van der Waals surface area contributed by atoms with Crippen LogP contribution in [0.3, 0.4) is 0 Å². The fourth-order valence-corrected chi connectivity index (χ4v) is 8.82. The molecule has 0 bridgehead atoms. The van der Waals surface area contributed by atoms with Crippen molar-refractivity contribution < 1.29 is 28.6 Å². The molecule has 1 atom stereocenters. The van der Waals surface area contributed by atoms with Gasteiger partial charge in [-0.3, -0.25) is 14.4 Å². The number of carbonyl (C=O) groups is 3. The summed E-state index contributed by atoms with van der Waals surface area (Å²) in [7, 11) is 0. The zero-order valence-corrected chi connectivity index (χ0v) is 44.1. The van der Waals surface area contributed by atoms with Crippen LogP contribution < -0.4 is 0 Å². The van der Waals surface area contributed by atoms with E-state index in [1.165, 1.54) is 199 Å². The highest BCUT2D eigenvalue weighted by molar-refractivity contribution is 5.71. The van der Waals surface area contributed by atoms with Crippen LogP contribution in [0.4, 0.5) is 0 Å². The van der Waals surface area contributed by atoms with Crippen LogP contribution in [0, 0.1) is 17.8 Å². The summed E-state index contributed by atoms with van der Waals surface area (Å²) < 4.78 is 16.9. The maximum Gasteiger partial charge on any atom is 0.306 e. The molecule has 0 saturated carbocycles. The highest BCUT2D eigenvalue weighted by atomic mass is 16.6. The second-order valence-electron chi connectivity index (χ2n) is 21.4. The lowest BCUT2D eigenvalue weighted by atomic mass is 10.0. The molecule has 0 aromatic heterocycles. The Hall–Kier alpha value is -1.59. The van der Waals surface area contributed by atoms with Crippen LogP contribution in [0.5, 0.6) is 0 Å². The lowest BCUT2D eigenvalue weighted by Crippen LogP contribution is -2.30. The first-order valence-electron chi connectivity index (χ1n) is 28.6. The van der Waals surface area contributed by atoms with Crippen molar-refractivity contribution in [2.75, 3.05) is 13.2 Å². The van der Waals surface area contributed by atoms with E-state index in [4.69, 9.17) is 14.2 Å². The fraction of sp³-hybridized carbons (Fsp3) is 0.948. The van der Waals surface area contributed by atoms with Gasteiger partial charge in [0.1, 0.15) is 13.2 Å². The van der Waals surface area contributed by atoms with E-state index in [9.17, 15) is 14.4 Å². The molecule has 0 rings (SSSR count). The molecular weight excluding hydrogens is 793 g/mol. The maximum atomic E-state index is 12.8. The van der Waals surface area contributed by atoms with Crippen molar-refractivity contribution in [3.05, 3.63) is 0 Å². The van der Waals surface area contributed by atoms with Crippen LogP contribution in [0.15, 0.2) is 0 Å². The first kappa shape index (κ1) is 62.4. The van der Waals surface area contributed by atoms with Crippen molar-refractivity contribution in [1.29, 1.82) is 0 Å². The van der Waals surface area contributed by atoms with Gasteiger partial charge in [-0.1, -0.05) is 279 Å². The molecule has 64 heavy (non-hydrogen) atoms. The van der Waals surface area contributed by atoms with Gasteiger partial charge in [-0.05, 0) is 37.0 Å². The molecular formula is C58H112O6. The molecule has 0 aliphatic rings. The third kappa shape index (κ3) is 51.4. The predicted octanol–water partition coefficient (Wildman–Crippen LogP) is 18.7. The quantitative estimate of drug-likeness (QED) is 0.0344. The molecule has 6 heteroatoms. The number of rotatable bonds is 51. The maximum absolute atomic E-state index is 12.8. The number of hydrogen-bond donors (Lipinski definition) is 0. The summed E-state index contributed by atoms with van der Waals surface area (Å²) in [5, 5.41) is 0. The molecule has 0 N–H and O–H groups in total. The minimum atomic E-state index is -0.763. The topological polar surface area (TPSA) is 78.9 Å². The van der Waals surface area contributed by atoms with Crippen LogP contribution in [0.2, 0.25) is 0 Å². The molecule has 0 radical (unpaired) electrons. The number of esters is 3. The SMILES string of the molecule is CC(C)CCCCCCCCCCCCCCCCCCC(=O)OC[C@H](COC(=O)CCCCCCCCCCCCCC(C)C)OC(=O)CCCCCCCCCCCCC(C)C. The average molecular weight is 906 g/mol. The molecule has 380 valence electrons. The Morgan fingerprint density at radius 3 is 0.672 bits per heavy atom. The Morgan fingerprint density at radius 2 is 0.453 bits per heavy atom. The smallest absolute Gasteiger partial charge is 0.306 e. The van der Waals surface area contributed by atoms with Crippen LogP contribution in [-0.2, 0) is 28.6 Å². The minimum Gasteiger partial charge on any atom is -0.462 e. The zero-order valence-electron chi connectivity index (χ0n) is 44.1. The number of carbonyl (C=O) groups excluding carboxylic acids is 3. The monoisotopic (exact) mass is 905 g/mol. The highest BCUT2D eigenvalue weighted by Crippen LogP contribution is 2.18. The van der Waals surface area contributed by atoms with E-state index in [0.29, 0.717) is 19.3 Å². The Kier molecular flexibility index (Phi) is 48.1. The Labute approximate surface area is 399 Å². The van der Waals surface area contributed by atoms with Crippen LogP contribution in [-0.4, -0.2) is 37.2 Å². The second kappa shape index (κ2) is 49.3. The largest absolute Gasteiger partial charge is 0.462 e. The highest BCUT2D eigenvalue weighted by Gasteiger charge is 2.19. The summed E-state index contributed by atoms with van der Waals surface area (Å²) in [6, 6.07) is 0. The van der Waals surface area contributed by atoms with Crippen molar-refractivity contribution in [3.63, 3.8) is 0 Å². The Balaban J connectivity index is 4.27. The van der Waals surface area contributed by atoms with E-state index in [1.807, 2.05) is 0 Å². The van der Waals surface area contributed by atoms with E-state index < -0.39 is 6.10 Å². The third-order valence-electron chi connectivity index (χ3n) is 13.1. The van der Waals surface area contributed by atoms with Crippen molar-refractivity contribution in [2.45, 2.75) is 324 Å². The third-order valence-corrected chi connectivity index (χ3v) is 13.1. The first-order chi connectivity index (χ1) is 31.1. The molecule has 0 aliphatic heterocycles. The summed E-state index contributed by atoms with van der Waals surface area (Å²) in [5.74, 6) is 1.65. The molecule has 0 spiro atoms. The molecule has 0 aliphatic carbocycles. The van der Waals surface area contributed by atoms with Crippen LogP contribution in [0.1, 0.15) is 318 Å². The fourth-order valence-electron chi connectivity index (χ4n) is 8.82.